The Morgan fingerprint density at radius 1 is 1.23 bits per heavy atom. The maximum atomic E-state index is 5.81. The van der Waals surface area contributed by atoms with E-state index in [1.807, 2.05) is 38.1 Å². The third-order valence-corrected chi connectivity index (χ3v) is 3.95. The van der Waals surface area contributed by atoms with Crippen LogP contribution in [0.2, 0.25) is 0 Å². The second kappa shape index (κ2) is 8.67. The summed E-state index contributed by atoms with van der Waals surface area (Å²) in [6.07, 6.45) is 1.85. The molecule has 0 unspecified atom stereocenters. The number of hydrazone groups is 1. The van der Waals surface area contributed by atoms with Gasteiger partial charge in [-0.3, -0.25) is 5.43 Å². The molecule has 0 amide bonds. The third kappa shape index (κ3) is 5.20. The Hall–Kier alpha value is -2.60. The summed E-state index contributed by atoms with van der Waals surface area (Å²) in [4.78, 5) is 6.78. The van der Waals surface area contributed by atoms with Crippen LogP contribution in [0.3, 0.4) is 0 Å². The molecule has 0 radical (unpaired) electrons. The van der Waals surface area contributed by atoms with Crippen molar-refractivity contribution in [1.29, 1.82) is 0 Å². The van der Waals surface area contributed by atoms with E-state index < -0.39 is 0 Å². The average molecular weight is 354 g/mol. The second-order valence-electron chi connectivity index (χ2n) is 6.60. The zero-order valence-corrected chi connectivity index (χ0v) is 15.6. The van der Waals surface area contributed by atoms with Crippen LogP contribution < -0.4 is 15.1 Å². The highest BCUT2D eigenvalue weighted by molar-refractivity contribution is 5.80. The molecule has 0 spiro atoms. The zero-order valence-electron chi connectivity index (χ0n) is 15.6. The first kappa shape index (κ1) is 18.2. The topological polar surface area (TPSA) is 59.0 Å². The predicted molar refractivity (Wildman–Crippen MR) is 105 cm³/mol. The van der Waals surface area contributed by atoms with Gasteiger partial charge in [0.2, 0.25) is 5.88 Å². The number of pyridine rings is 1. The van der Waals surface area contributed by atoms with Crippen LogP contribution in [0.1, 0.15) is 25.0 Å². The number of hydrogen-bond donors (Lipinski definition) is 1. The Balaban J connectivity index is 1.77. The van der Waals surface area contributed by atoms with E-state index >= 15 is 0 Å². The van der Waals surface area contributed by atoms with Gasteiger partial charge in [0.15, 0.2) is 5.82 Å². The highest BCUT2D eigenvalue weighted by Gasteiger charge is 2.14. The molecule has 0 saturated carbocycles. The maximum absolute atomic E-state index is 5.81. The van der Waals surface area contributed by atoms with Crippen LogP contribution in [0, 0.1) is 6.92 Å². The molecule has 1 aromatic heterocycles. The summed E-state index contributed by atoms with van der Waals surface area (Å²) in [5.74, 6) is 1.26. The van der Waals surface area contributed by atoms with Crippen molar-refractivity contribution in [1.82, 2.24) is 4.98 Å². The fourth-order valence-electron chi connectivity index (χ4n) is 2.78. The molecule has 138 valence electrons. The monoisotopic (exact) mass is 354 g/mol. The molecule has 0 aliphatic carbocycles. The molecule has 1 aliphatic heterocycles. The van der Waals surface area contributed by atoms with Gasteiger partial charge in [-0.2, -0.15) is 10.1 Å². The minimum atomic E-state index is 0.0612. The minimum absolute atomic E-state index is 0.0612. The lowest BCUT2D eigenvalue weighted by Crippen LogP contribution is -2.36. The lowest BCUT2D eigenvalue weighted by Gasteiger charge is -2.29. The van der Waals surface area contributed by atoms with Gasteiger partial charge in [-0.15, -0.1) is 0 Å². The summed E-state index contributed by atoms with van der Waals surface area (Å²) >= 11 is 0. The number of morpholine rings is 1. The number of anilines is 2. The van der Waals surface area contributed by atoms with E-state index in [0.29, 0.717) is 11.7 Å². The van der Waals surface area contributed by atoms with Crippen LogP contribution >= 0.6 is 0 Å². The van der Waals surface area contributed by atoms with Crippen LogP contribution in [0.4, 0.5) is 11.5 Å². The molecule has 26 heavy (non-hydrogen) atoms. The summed E-state index contributed by atoms with van der Waals surface area (Å²) in [6, 6.07) is 12.1. The van der Waals surface area contributed by atoms with Crippen molar-refractivity contribution in [3.8, 4) is 5.88 Å². The van der Waals surface area contributed by atoms with Gasteiger partial charge in [-0.05, 0) is 26.3 Å². The lowest BCUT2D eigenvalue weighted by molar-refractivity contribution is 0.122. The Bertz CT molecular complexity index is 755. The van der Waals surface area contributed by atoms with Crippen molar-refractivity contribution in [2.75, 3.05) is 36.6 Å². The molecule has 1 saturated heterocycles. The highest BCUT2D eigenvalue weighted by Crippen LogP contribution is 2.25. The lowest BCUT2D eigenvalue weighted by atomic mass is 10.2. The second-order valence-corrected chi connectivity index (χ2v) is 6.60. The van der Waals surface area contributed by atoms with E-state index in [4.69, 9.17) is 9.47 Å². The minimum Gasteiger partial charge on any atom is -0.475 e. The maximum Gasteiger partial charge on any atom is 0.217 e. The standard InChI is InChI=1S/C20H26N4O2/c1-15(2)26-20-13-18(24-7-9-25-10-8-24)12-19(22-20)23-21-14-17-6-4-5-16(3)11-17/h4-6,11-15H,7-10H2,1-3H3,(H,22,23)/b21-14+. The Labute approximate surface area is 154 Å². The van der Waals surface area contributed by atoms with E-state index in [-0.39, 0.29) is 6.10 Å². The van der Waals surface area contributed by atoms with E-state index in [1.165, 1.54) is 5.56 Å². The largest absolute Gasteiger partial charge is 0.475 e. The van der Waals surface area contributed by atoms with Gasteiger partial charge in [0.1, 0.15) is 0 Å². The van der Waals surface area contributed by atoms with Gasteiger partial charge in [0, 0.05) is 30.9 Å². The molecule has 2 heterocycles. The Morgan fingerprint density at radius 3 is 2.77 bits per heavy atom. The van der Waals surface area contributed by atoms with E-state index in [9.17, 15) is 0 Å². The van der Waals surface area contributed by atoms with Gasteiger partial charge in [0.05, 0.1) is 25.5 Å². The quantitative estimate of drug-likeness (QED) is 0.636. The van der Waals surface area contributed by atoms with Gasteiger partial charge in [0.25, 0.3) is 0 Å². The van der Waals surface area contributed by atoms with E-state index in [2.05, 4.69) is 39.5 Å². The number of ether oxygens (including phenoxy) is 2. The molecule has 1 aromatic carbocycles. The van der Waals surface area contributed by atoms with Crippen LogP contribution in [-0.2, 0) is 4.74 Å². The number of nitrogens with zero attached hydrogens (tertiary/aromatic N) is 3. The van der Waals surface area contributed by atoms with Crippen LogP contribution in [-0.4, -0.2) is 43.6 Å². The summed E-state index contributed by atoms with van der Waals surface area (Å²) in [7, 11) is 0. The Morgan fingerprint density at radius 2 is 2.04 bits per heavy atom. The first-order chi connectivity index (χ1) is 12.6. The van der Waals surface area contributed by atoms with Crippen LogP contribution in [0.15, 0.2) is 41.5 Å². The highest BCUT2D eigenvalue weighted by atomic mass is 16.5. The zero-order chi connectivity index (χ0) is 18.4. The van der Waals surface area contributed by atoms with Crippen LogP contribution in [0.25, 0.3) is 0 Å². The summed E-state index contributed by atoms with van der Waals surface area (Å²) in [5.41, 5.74) is 6.33. The summed E-state index contributed by atoms with van der Waals surface area (Å²) in [6.45, 7) is 9.23. The molecule has 3 rings (SSSR count). The third-order valence-electron chi connectivity index (χ3n) is 3.95. The molecular weight excluding hydrogens is 328 g/mol. The summed E-state index contributed by atoms with van der Waals surface area (Å²) in [5, 5.41) is 4.32. The number of nitrogens with one attached hydrogen (secondary N) is 1. The number of aryl methyl sites for hydroxylation is 1. The molecule has 1 fully saturated rings. The van der Waals surface area contributed by atoms with Crippen molar-refractivity contribution >= 4 is 17.7 Å². The van der Waals surface area contributed by atoms with Gasteiger partial charge < -0.3 is 14.4 Å². The van der Waals surface area contributed by atoms with Crippen molar-refractivity contribution < 1.29 is 9.47 Å². The SMILES string of the molecule is Cc1cccc(/C=N/Nc2cc(N3CCOCC3)cc(OC(C)C)n2)c1. The van der Waals surface area contributed by atoms with Gasteiger partial charge >= 0.3 is 0 Å². The van der Waals surface area contributed by atoms with Gasteiger partial charge in [-0.1, -0.05) is 29.8 Å². The normalized spacial score (nSPS) is 14.8. The Kier molecular flexibility index (Phi) is 6.07. The first-order valence-electron chi connectivity index (χ1n) is 8.97. The van der Waals surface area contributed by atoms with Crippen LogP contribution in [0.5, 0.6) is 5.88 Å². The molecular formula is C20H26N4O2. The fraction of sp³-hybridized carbons (Fsp3) is 0.400. The van der Waals surface area contributed by atoms with Gasteiger partial charge in [-0.25, -0.2) is 0 Å². The number of hydrogen-bond acceptors (Lipinski definition) is 6. The molecule has 0 bridgehead atoms. The molecule has 6 heteroatoms. The summed E-state index contributed by atoms with van der Waals surface area (Å²) < 4.78 is 11.2. The molecule has 1 N–H and O–H groups in total. The molecule has 2 aromatic rings. The number of rotatable bonds is 6. The van der Waals surface area contributed by atoms with Crippen molar-refractivity contribution in [3.63, 3.8) is 0 Å². The number of aromatic nitrogens is 1. The smallest absolute Gasteiger partial charge is 0.217 e. The molecule has 6 nitrogen and oxygen atoms in total. The molecule has 0 atom stereocenters. The molecule has 1 aliphatic rings. The average Bonchev–Trinajstić information content (AvgIpc) is 2.62. The predicted octanol–water partition coefficient (Wildman–Crippen LogP) is 3.46. The van der Waals surface area contributed by atoms with E-state index in [1.54, 1.807) is 6.21 Å². The first-order valence-corrected chi connectivity index (χ1v) is 8.97. The van der Waals surface area contributed by atoms with Crippen molar-refractivity contribution in [3.05, 3.63) is 47.5 Å². The van der Waals surface area contributed by atoms with Crippen molar-refractivity contribution in [2.24, 2.45) is 5.10 Å². The van der Waals surface area contributed by atoms with E-state index in [0.717, 1.165) is 37.6 Å². The van der Waals surface area contributed by atoms with Crippen molar-refractivity contribution in [2.45, 2.75) is 26.9 Å². The number of benzene rings is 1. The fourth-order valence-corrected chi connectivity index (χ4v) is 2.78.